The number of fused-ring (bicyclic) bond motifs is 5. The van der Waals surface area contributed by atoms with Crippen molar-refractivity contribution in [3.8, 4) is 39.6 Å². The van der Waals surface area contributed by atoms with Crippen LogP contribution in [0, 0.1) is 0 Å². The molecule has 8 rings (SSSR count). The van der Waals surface area contributed by atoms with E-state index in [2.05, 4.69) is 144 Å². The zero-order chi connectivity index (χ0) is 27.2. The van der Waals surface area contributed by atoms with Crippen LogP contribution in [-0.4, -0.2) is 14.5 Å². The number of nitrogens with zero attached hydrogens (tertiary/aromatic N) is 3. The highest BCUT2D eigenvalue weighted by atomic mass is 15.2. The first-order chi connectivity index (χ1) is 20.3. The largest absolute Gasteiger partial charge is 0.278 e. The molecule has 8 aromatic rings. The van der Waals surface area contributed by atoms with E-state index in [4.69, 9.17) is 9.97 Å². The molecular weight excluding hydrogens is 498 g/mol. The fourth-order valence-corrected chi connectivity index (χ4v) is 5.86. The highest BCUT2D eigenvalue weighted by molar-refractivity contribution is 6.21. The van der Waals surface area contributed by atoms with Gasteiger partial charge >= 0.3 is 0 Å². The summed E-state index contributed by atoms with van der Waals surface area (Å²) in [6.45, 7) is 0. The molecule has 0 aliphatic heterocycles. The van der Waals surface area contributed by atoms with Gasteiger partial charge in [-0.05, 0) is 46.2 Å². The second kappa shape index (κ2) is 9.58. The molecule has 6 aromatic carbocycles. The lowest BCUT2D eigenvalue weighted by Crippen LogP contribution is -2.03. The van der Waals surface area contributed by atoms with E-state index in [1.54, 1.807) is 0 Å². The average Bonchev–Trinajstić information content (AvgIpc) is 3.40. The predicted molar refractivity (Wildman–Crippen MR) is 170 cm³/mol. The van der Waals surface area contributed by atoms with Gasteiger partial charge in [0.05, 0.1) is 22.4 Å². The minimum atomic E-state index is 0.662. The van der Waals surface area contributed by atoms with Gasteiger partial charge in [0.25, 0.3) is 0 Å². The lowest BCUT2D eigenvalue weighted by atomic mass is 9.98. The van der Waals surface area contributed by atoms with Crippen molar-refractivity contribution in [3.05, 3.63) is 152 Å². The van der Waals surface area contributed by atoms with Gasteiger partial charge in [-0.2, -0.15) is 0 Å². The van der Waals surface area contributed by atoms with Gasteiger partial charge in [0, 0.05) is 21.9 Å². The first-order valence-corrected chi connectivity index (χ1v) is 13.9. The van der Waals surface area contributed by atoms with Crippen molar-refractivity contribution in [2.45, 2.75) is 0 Å². The molecule has 0 fully saturated rings. The van der Waals surface area contributed by atoms with Crippen LogP contribution in [0.2, 0.25) is 0 Å². The summed E-state index contributed by atoms with van der Waals surface area (Å²) in [5.74, 6) is 0.662. The summed E-state index contributed by atoms with van der Waals surface area (Å²) in [6.07, 6.45) is 0. The van der Waals surface area contributed by atoms with Crippen LogP contribution >= 0.6 is 0 Å². The number of rotatable bonds is 4. The molecule has 2 aromatic heterocycles. The molecule has 0 spiro atoms. The molecule has 3 nitrogen and oxygen atoms in total. The Hall–Kier alpha value is -5.54. The summed E-state index contributed by atoms with van der Waals surface area (Å²) in [5, 5.41) is 4.84. The Morgan fingerprint density at radius 1 is 0.390 bits per heavy atom. The van der Waals surface area contributed by atoms with Crippen molar-refractivity contribution in [1.29, 1.82) is 0 Å². The molecule has 0 aliphatic rings. The van der Waals surface area contributed by atoms with Crippen LogP contribution in [0.3, 0.4) is 0 Å². The Morgan fingerprint density at radius 2 is 0.951 bits per heavy atom. The Kier molecular flexibility index (Phi) is 5.46. The van der Waals surface area contributed by atoms with Gasteiger partial charge in [-0.1, -0.05) is 127 Å². The summed E-state index contributed by atoms with van der Waals surface area (Å²) in [5.41, 5.74) is 8.51. The minimum Gasteiger partial charge on any atom is -0.278 e. The zero-order valence-electron chi connectivity index (χ0n) is 22.3. The lowest BCUT2D eigenvalue weighted by Gasteiger charge is -2.12. The molecule has 0 unspecified atom stereocenters. The van der Waals surface area contributed by atoms with Gasteiger partial charge < -0.3 is 0 Å². The van der Waals surface area contributed by atoms with E-state index in [0.717, 1.165) is 33.5 Å². The quantitative estimate of drug-likeness (QED) is 0.230. The maximum Gasteiger partial charge on any atom is 0.235 e. The molecule has 41 heavy (non-hydrogen) atoms. The summed E-state index contributed by atoms with van der Waals surface area (Å²) >= 11 is 0. The maximum absolute atomic E-state index is 5.17. The number of hydrogen-bond donors (Lipinski definition) is 0. The van der Waals surface area contributed by atoms with Gasteiger partial charge in [0.15, 0.2) is 0 Å². The molecular formula is C38H25N3. The Balaban J connectivity index is 1.45. The lowest BCUT2D eigenvalue weighted by molar-refractivity contribution is 0.996. The number of aromatic nitrogens is 3. The Labute approximate surface area is 238 Å². The van der Waals surface area contributed by atoms with E-state index in [1.165, 1.54) is 32.7 Å². The predicted octanol–water partition coefficient (Wildman–Crippen LogP) is 9.73. The van der Waals surface area contributed by atoms with Crippen molar-refractivity contribution < 1.29 is 0 Å². The number of benzene rings is 6. The van der Waals surface area contributed by atoms with E-state index in [0.29, 0.717) is 5.95 Å². The van der Waals surface area contributed by atoms with Gasteiger partial charge in [0.2, 0.25) is 5.95 Å². The van der Waals surface area contributed by atoms with E-state index in [9.17, 15) is 0 Å². The molecule has 2 heterocycles. The molecule has 0 bridgehead atoms. The molecule has 192 valence electrons. The standard InChI is InChI=1S/C38H25N3/c1-4-12-26(13-5-1)30-21-20-27-22-23-36-37(32(27)24-30)31-18-10-11-19-35(31)41(36)38-39-33(28-14-6-2-7-15-28)25-34(40-38)29-16-8-3-9-17-29/h1-25H. The van der Waals surface area contributed by atoms with Crippen LogP contribution in [-0.2, 0) is 0 Å². The first-order valence-electron chi connectivity index (χ1n) is 13.9. The summed E-state index contributed by atoms with van der Waals surface area (Å²) in [6, 6.07) is 53.1. The van der Waals surface area contributed by atoms with Crippen molar-refractivity contribution in [2.24, 2.45) is 0 Å². The van der Waals surface area contributed by atoms with Crippen molar-refractivity contribution in [3.63, 3.8) is 0 Å². The molecule has 0 amide bonds. The number of hydrogen-bond acceptors (Lipinski definition) is 2. The normalized spacial score (nSPS) is 11.4. The summed E-state index contributed by atoms with van der Waals surface area (Å²) in [7, 11) is 0. The van der Waals surface area contributed by atoms with Crippen molar-refractivity contribution in [2.75, 3.05) is 0 Å². The van der Waals surface area contributed by atoms with Crippen LogP contribution in [0.5, 0.6) is 0 Å². The van der Waals surface area contributed by atoms with Gasteiger partial charge in [-0.3, -0.25) is 4.57 Å². The molecule has 0 saturated heterocycles. The maximum atomic E-state index is 5.17. The van der Waals surface area contributed by atoms with E-state index < -0.39 is 0 Å². The fourth-order valence-electron chi connectivity index (χ4n) is 5.86. The van der Waals surface area contributed by atoms with Crippen LogP contribution in [0.4, 0.5) is 0 Å². The average molecular weight is 524 g/mol. The molecule has 3 heteroatoms. The van der Waals surface area contributed by atoms with Crippen LogP contribution in [0.15, 0.2) is 152 Å². The SMILES string of the molecule is c1ccc(-c2ccc3ccc4c(c3c2)c2ccccc2n4-c2nc(-c3ccccc3)cc(-c3ccccc3)n2)cc1. The third-order valence-corrected chi connectivity index (χ3v) is 7.82. The third-order valence-electron chi connectivity index (χ3n) is 7.82. The van der Waals surface area contributed by atoms with E-state index >= 15 is 0 Å². The second-order valence-electron chi connectivity index (χ2n) is 10.3. The van der Waals surface area contributed by atoms with Crippen molar-refractivity contribution >= 4 is 32.6 Å². The third kappa shape index (κ3) is 3.98. The van der Waals surface area contributed by atoms with Gasteiger partial charge in [0.1, 0.15) is 0 Å². The first kappa shape index (κ1) is 23.4. The number of para-hydroxylation sites is 1. The van der Waals surface area contributed by atoms with Crippen molar-refractivity contribution in [1.82, 2.24) is 14.5 Å². The van der Waals surface area contributed by atoms with Crippen LogP contribution < -0.4 is 0 Å². The molecule has 0 radical (unpaired) electrons. The molecule has 0 atom stereocenters. The minimum absolute atomic E-state index is 0.662. The second-order valence-corrected chi connectivity index (χ2v) is 10.3. The highest BCUT2D eigenvalue weighted by Gasteiger charge is 2.18. The van der Waals surface area contributed by atoms with Gasteiger partial charge in [-0.25, -0.2) is 9.97 Å². The van der Waals surface area contributed by atoms with E-state index in [-0.39, 0.29) is 0 Å². The molecule has 0 N–H and O–H groups in total. The summed E-state index contributed by atoms with van der Waals surface area (Å²) in [4.78, 5) is 10.3. The van der Waals surface area contributed by atoms with Crippen LogP contribution in [0.25, 0.3) is 72.2 Å². The zero-order valence-corrected chi connectivity index (χ0v) is 22.3. The smallest absolute Gasteiger partial charge is 0.235 e. The monoisotopic (exact) mass is 523 g/mol. The highest BCUT2D eigenvalue weighted by Crippen LogP contribution is 2.38. The topological polar surface area (TPSA) is 30.7 Å². The molecule has 0 saturated carbocycles. The van der Waals surface area contributed by atoms with Crippen LogP contribution in [0.1, 0.15) is 0 Å². The molecule has 0 aliphatic carbocycles. The van der Waals surface area contributed by atoms with Gasteiger partial charge in [-0.15, -0.1) is 0 Å². The summed E-state index contributed by atoms with van der Waals surface area (Å²) < 4.78 is 2.22. The Morgan fingerprint density at radius 3 is 1.61 bits per heavy atom. The Bertz CT molecular complexity index is 2120. The van der Waals surface area contributed by atoms with E-state index in [1.807, 2.05) is 12.1 Å². The fraction of sp³-hybridized carbons (Fsp3) is 0.